The van der Waals surface area contributed by atoms with Crippen molar-refractivity contribution in [3.05, 3.63) is 101 Å². The number of nitrogens with zero attached hydrogens (tertiary/aromatic N) is 2. The lowest BCUT2D eigenvalue weighted by Gasteiger charge is -2.08. The Hall–Kier alpha value is -3.66. The van der Waals surface area contributed by atoms with Crippen LogP contribution in [0.2, 0.25) is 0 Å². The van der Waals surface area contributed by atoms with Crippen molar-refractivity contribution < 1.29 is 4.79 Å². The highest BCUT2D eigenvalue weighted by molar-refractivity contribution is 6.03. The van der Waals surface area contributed by atoms with E-state index in [0.29, 0.717) is 11.6 Å². The third-order valence-corrected chi connectivity index (χ3v) is 5.40. The van der Waals surface area contributed by atoms with E-state index in [1.807, 2.05) is 59.3 Å². The minimum absolute atomic E-state index is 0.225. The summed E-state index contributed by atoms with van der Waals surface area (Å²) in [4.78, 5) is 13.0. The smallest absolute Gasteiger partial charge is 0.276 e. The number of amides is 1. The molecule has 1 amide bonds. The summed E-state index contributed by atoms with van der Waals surface area (Å²) in [7, 11) is 0. The van der Waals surface area contributed by atoms with Gasteiger partial charge in [0.05, 0.1) is 11.4 Å². The first-order chi connectivity index (χ1) is 14.9. The number of hydrogen-bond donors (Lipinski definition) is 1. The molecule has 0 saturated carbocycles. The maximum absolute atomic E-state index is 13.0. The van der Waals surface area contributed by atoms with E-state index in [-0.39, 0.29) is 5.91 Å². The van der Waals surface area contributed by atoms with Gasteiger partial charge in [-0.05, 0) is 55.7 Å². The molecule has 0 bridgehead atoms. The lowest BCUT2D eigenvalue weighted by atomic mass is 10.0. The van der Waals surface area contributed by atoms with Crippen LogP contribution in [0.5, 0.6) is 0 Å². The summed E-state index contributed by atoms with van der Waals surface area (Å²) in [5, 5.41) is 7.63. The number of rotatable bonds is 5. The molecule has 4 nitrogen and oxygen atoms in total. The van der Waals surface area contributed by atoms with Crippen LogP contribution < -0.4 is 5.32 Å². The van der Waals surface area contributed by atoms with Crippen LogP contribution in [0.25, 0.3) is 16.9 Å². The number of hydrogen-bond acceptors (Lipinski definition) is 2. The summed E-state index contributed by atoms with van der Waals surface area (Å²) in [6, 6.07) is 26.2. The average molecular weight is 410 g/mol. The maximum Gasteiger partial charge on any atom is 0.276 e. The Balaban J connectivity index is 1.69. The molecule has 0 spiro atoms. The van der Waals surface area contributed by atoms with Crippen molar-refractivity contribution in [2.24, 2.45) is 0 Å². The van der Waals surface area contributed by atoms with Crippen LogP contribution in [-0.4, -0.2) is 15.7 Å². The molecule has 0 fully saturated rings. The molecule has 3 aromatic carbocycles. The number of aromatic nitrogens is 2. The summed E-state index contributed by atoms with van der Waals surface area (Å²) in [5.74, 6) is 0.226. The molecule has 1 aromatic heterocycles. The minimum atomic E-state index is -0.225. The summed E-state index contributed by atoms with van der Waals surface area (Å²) in [6.45, 7) is 8.41. The predicted octanol–water partition coefficient (Wildman–Crippen LogP) is 6.53. The molecule has 4 heteroatoms. The molecule has 156 valence electrons. The van der Waals surface area contributed by atoms with Gasteiger partial charge in [-0.1, -0.05) is 73.5 Å². The fourth-order valence-corrected chi connectivity index (χ4v) is 3.45. The van der Waals surface area contributed by atoms with Crippen molar-refractivity contribution in [1.29, 1.82) is 0 Å². The first-order valence-corrected chi connectivity index (χ1v) is 10.6. The molecule has 0 aliphatic rings. The monoisotopic (exact) mass is 409 g/mol. The molecule has 0 unspecified atom stereocenters. The lowest BCUT2D eigenvalue weighted by molar-refractivity contribution is 0.102. The number of carbonyl (C=O) groups is 1. The van der Waals surface area contributed by atoms with Gasteiger partial charge in [-0.15, -0.1) is 0 Å². The van der Waals surface area contributed by atoms with E-state index in [4.69, 9.17) is 0 Å². The first-order valence-electron chi connectivity index (χ1n) is 10.6. The number of carbonyl (C=O) groups excluding carboxylic acids is 1. The van der Waals surface area contributed by atoms with Crippen LogP contribution >= 0.6 is 0 Å². The van der Waals surface area contributed by atoms with Gasteiger partial charge in [0.15, 0.2) is 5.69 Å². The fraction of sp³-hybridized carbons (Fsp3) is 0.185. The third kappa shape index (κ3) is 4.58. The molecule has 0 atom stereocenters. The molecule has 31 heavy (non-hydrogen) atoms. The summed E-state index contributed by atoms with van der Waals surface area (Å²) in [5.41, 5.74) is 7.55. The van der Waals surface area contributed by atoms with Gasteiger partial charge in [0, 0.05) is 11.3 Å². The number of anilines is 1. The van der Waals surface area contributed by atoms with Crippen LogP contribution in [-0.2, 0) is 0 Å². The molecule has 1 N–H and O–H groups in total. The Labute approximate surface area is 183 Å². The van der Waals surface area contributed by atoms with Gasteiger partial charge in [-0.3, -0.25) is 4.79 Å². The Bertz CT molecular complexity index is 1120. The van der Waals surface area contributed by atoms with Gasteiger partial charge in [0.2, 0.25) is 0 Å². The summed E-state index contributed by atoms with van der Waals surface area (Å²) < 4.78 is 1.83. The molecule has 0 saturated heterocycles. The quantitative estimate of drug-likeness (QED) is 0.407. The molecule has 4 aromatic rings. The van der Waals surface area contributed by atoms with Gasteiger partial charge in [0.25, 0.3) is 5.91 Å². The molecule has 1 heterocycles. The third-order valence-electron chi connectivity index (χ3n) is 5.40. The normalized spacial score (nSPS) is 11.0. The van der Waals surface area contributed by atoms with E-state index in [2.05, 4.69) is 62.4 Å². The molecule has 0 aliphatic carbocycles. The molecule has 4 rings (SSSR count). The zero-order valence-corrected chi connectivity index (χ0v) is 18.4. The average Bonchev–Trinajstić information content (AvgIpc) is 3.21. The van der Waals surface area contributed by atoms with Crippen molar-refractivity contribution in [3.63, 3.8) is 0 Å². The predicted molar refractivity (Wildman–Crippen MR) is 127 cm³/mol. The van der Waals surface area contributed by atoms with Crippen molar-refractivity contribution in [2.45, 2.75) is 33.6 Å². The zero-order chi connectivity index (χ0) is 22.0. The van der Waals surface area contributed by atoms with Crippen molar-refractivity contribution in [3.8, 4) is 16.9 Å². The number of aryl methyl sites for hydroxylation is 2. The van der Waals surface area contributed by atoms with Gasteiger partial charge >= 0.3 is 0 Å². The van der Waals surface area contributed by atoms with E-state index in [9.17, 15) is 4.79 Å². The second-order valence-electron chi connectivity index (χ2n) is 8.26. The minimum Gasteiger partial charge on any atom is -0.321 e. The number of nitrogens with one attached hydrogen (secondary N) is 1. The van der Waals surface area contributed by atoms with Crippen LogP contribution in [0.3, 0.4) is 0 Å². The van der Waals surface area contributed by atoms with Gasteiger partial charge in [-0.2, -0.15) is 5.10 Å². The lowest BCUT2D eigenvalue weighted by Crippen LogP contribution is -2.13. The topological polar surface area (TPSA) is 46.9 Å². The van der Waals surface area contributed by atoms with Gasteiger partial charge in [0.1, 0.15) is 0 Å². The van der Waals surface area contributed by atoms with E-state index in [1.54, 1.807) is 0 Å². The van der Waals surface area contributed by atoms with Crippen LogP contribution in [0, 0.1) is 13.8 Å². The largest absolute Gasteiger partial charge is 0.321 e. The van der Waals surface area contributed by atoms with E-state index in [1.165, 1.54) is 16.7 Å². The van der Waals surface area contributed by atoms with Gasteiger partial charge in [-0.25, -0.2) is 4.68 Å². The van der Waals surface area contributed by atoms with Crippen molar-refractivity contribution >= 4 is 11.6 Å². The van der Waals surface area contributed by atoms with Gasteiger partial charge < -0.3 is 5.32 Å². The van der Waals surface area contributed by atoms with Crippen LogP contribution in [0.4, 0.5) is 5.69 Å². The van der Waals surface area contributed by atoms with Crippen molar-refractivity contribution in [1.82, 2.24) is 9.78 Å². The summed E-state index contributed by atoms with van der Waals surface area (Å²) >= 11 is 0. The second kappa shape index (κ2) is 8.60. The highest BCUT2D eigenvalue weighted by Crippen LogP contribution is 2.25. The Morgan fingerprint density at radius 1 is 0.839 bits per heavy atom. The van der Waals surface area contributed by atoms with Crippen LogP contribution in [0.1, 0.15) is 46.9 Å². The highest BCUT2D eigenvalue weighted by Gasteiger charge is 2.17. The first kappa shape index (κ1) is 20.6. The fourth-order valence-electron chi connectivity index (χ4n) is 3.45. The number of benzene rings is 3. The molecular weight excluding hydrogens is 382 g/mol. The van der Waals surface area contributed by atoms with Crippen molar-refractivity contribution in [2.75, 3.05) is 5.32 Å². The van der Waals surface area contributed by atoms with E-state index < -0.39 is 0 Å². The Kier molecular flexibility index (Phi) is 5.72. The zero-order valence-electron chi connectivity index (χ0n) is 18.4. The van der Waals surface area contributed by atoms with Crippen LogP contribution in [0.15, 0.2) is 78.9 Å². The second-order valence-corrected chi connectivity index (χ2v) is 8.26. The molecule has 0 radical (unpaired) electrons. The Morgan fingerprint density at radius 3 is 2.00 bits per heavy atom. The maximum atomic E-state index is 13.0. The Morgan fingerprint density at radius 2 is 1.42 bits per heavy atom. The standard InChI is InChI=1S/C27H27N3O/c1-18(2)21-11-13-23(14-12-21)28-27(31)25-17-26(22-9-5-19(3)6-10-22)30(29-25)24-15-7-20(4)8-16-24/h5-18H,1-4H3,(H,28,31). The van der Waals surface area contributed by atoms with E-state index in [0.717, 1.165) is 22.6 Å². The van der Waals surface area contributed by atoms with E-state index >= 15 is 0 Å². The highest BCUT2D eigenvalue weighted by atomic mass is 16.1. The SMILES string of the molecule is Cc1ccc(-c2cc(C(=O)Nc3ccc(C(C)C)cc3)nn2-c2ccc(C)cc2)cc1. The summed E-state index contributed by atoms with van der Waals surface area (Å²) in [6.07, 6.45) is 0. The molecule has 0 aliphatic heterocycles. The molecular formula is C27H27N3O.